The van der Waals surface area contributed by atoms with Crippen molar-refractivity contribution in [3.63, 3.8) is 0 Å². The predicted molar refractivity (Wildman–Crippen MR) is 78.9 cm³/mol. The van der Waals surface area contributed by atoms with E-state index in [2.05, 4.69) is 9.72 Å². The van der Waals surface area contributed by atoms with Crippen LogP contribution < -0.4 is 9.47 Å². The first-order valence-electron chi connectivity index (χ1n) is 6.67. The van der Waals surface area contributed by atoms with Gasteiger partial charge in [0.2, 0.25) is 0 Å². The average molecular weight is 305 g/mol. The third-order valence-electron chi connectivity index (χ3n) is 3.15. The Morgan fingerprint density at radius 2 is 2.14 bits per heavy atom. The lowest BCUT2D eigenvalue weighted by Crippen LogP contribution is -2.15. The van der Waals surface area contributed by atoms with Crippen molar-refractivity contribution in [2.75, 3.05) is 20.3 Å². The van der Waals surface area contributed by atoms with Crippen LogP contribution in [0.3, 0.4) is 0 Å². The molecular formula is C15H15NO4S. The third kappa shape index (κ3) is 3.16. The molecule has 0 saturated heterocycles. The van der Waals surface area contributed by atoms with Crippen molar-refractivity contribution in [2.24, 2.45) is 0 Å². The van der Waals surface area contributed by atoms with Gasteiger partial charge >= 0.3 is 5.97 Å². The minimum Gasteiger partial charge on any atom is -0.486 e. The first-order chi connectivity index (χ1) is 10.3. The molecule has 0 atom stereocenters. The fourth-order valence-electron chi connectivity index (χ4n) is 2.06. The number of rotatable bonds is 4. The van der Waals surface area contributed by atoms with Gasteiger partial charge in [0, 0.05) is 17.4 Å². The van der Waals surface area contributed by atoms with E-state index in [0.717, 1.165) is 27.8 Å². The molecule has 6 heteroatoms. The van der Waals surface area contributed by atoms with Crippen molar-refractivity contribution >= 4 is 17.3 Å². The minimum absolute atomic E-state index is 0.219. The molecule has 0 aliphatic carbocycles. The molecule has 1 aromatic carbocycles. The molecule has 21 heavy (non-hydrogen) atoms. The predicted octanol–water partition coefficient (Wildman–Crippen LogP) is 2.69. The van der Waals surface area contributed by atoms with Crippen LogP contribution in [0.2, 0.25) is 0 Å². The smallest absolute Gasteiger partial charge is 0.305 e. The Kier molecular flexibility index (Phi) is 4.06. The van der Waals surface area contributed by atoms with E-state index in [-0.39, 0.29) is 5.97 Å². The Balaban J connectivity index is 1.75. The highest BCUT2D eigenvalue weighted by Crippen LogP contribution is 2.35. The average Bonchev–Trinajstić information content (AvgIpc) is 3.01. The number of nitrogens with zero attached hydrogens (tertiary/aromatic N) is 1. The molecule has 3 rings (SSSR count). The number of hydrogen-bond acceptors (Lipinski definition) is 6. The highest BCUT2D eigenvalue weighted by atomic mass is 32.1. The number of benzene rings is 1. The highest BCUT2D eigenvalue weighted by molar-refractivity contribution is 7.13. The minimum atomic E-state index is -0.219. The Labute approximate surface area is 126 Å². The lowest BCUT2D eigenvalue weighted by atomic mass is 10.2. The number of ether oxygens (including phenoxy) is 3. The van der Waals surface area contributed by atoms with Crippen molar-refractivity contribution in [1.29, 1.82) is 0 Å². The van der Waals surface area contributed by atoms with Crippen molar-refractivity contribution in [2.45, 2.75) is 12.8 Å². The summed E-state index contributed by atoms with van der Waals surface area (Å²) in [7, 11) is 1.39. The summed E-state index contributed by atoms with van der Waals surface area (Å²) >= 11 is 1.55. The zero-order valence-electron chi connectivity index (χ0n) is 11.6. The Bertz CT molecular complexity index is 653. The largest absolute Gasteiger partial charge is 0.486 e. The number of aryl methyl sites for hydroxylation is 1. The van der Waals surface area contributed by atoms with E-state index in [1.165, 1.54) is 7.11 Å². The molecule has 0 radical (unpaired) electrons. The molecule has 5 nitrogen and oxygen atoms in total. The molecule has 1 aliphatic rings. The molecule has 2 aromatic rings. The van der Waals surface area contributed by atoms with E-state index in [1.54, 1.807) is 11.3 Å². The summed E-state index contributed by atoms with van der Waals surface area (Å²) in [6.07, 6.45) is 0.939. The first kappa shape index (κ1) is 13.9. The molecule has 0 spiro atoms. The second-order valence-electron chi connectivity index (χ2n) is 4.58. The van der Waals surface area contributed by atoms with E-state index in [0.29, 0.717) is 26.1 Å². The number of hydrogen-bond donors (Lipinski definition) is 0. The van der Waals surface area contributed by atoms with Crippen LogP contribution >= 0.6 is 11.3 Å². The number of thiazole rings is 1. The topological polar surface area (TPSA) is 57.7 Å². The molecule has 0 unspecified atom stereocenters. The van der Waals surface area contributed by atoms with Crippen molar-refractivity contribution in [3.05, 3.63) is 29.3 Å². The Morgan fingerprint density at radius 1 is 1.33 bits per heavy atom. The van der Waals surface area contributed by atoms with Crippen LogP contribution in [0.25, 0.3) is 10.6 Å². The maximum Gasteiger partial charge on any atom is 0.305 e. The number of aromatic nitrogens is 1. The zero-order valence-corrected chi connectivity index (χ0v) is 12.4. The van der Waals surface area contributed by atoms with Crippen LogP contribution in [-0.2, 0) is 16.0 Å². The SMILES string of the molecule is COC(=O)CCc1csc(-c2ccc3c(c2)OCCO3)n1. The molecule has 0 bridgehead atoms. The van der Waals surface area contributed by atoms with E-state index in [9.17, 15) is 4.79 Å². The quantitative estimate of drug-likeness (QED) is 0.813. The van der Waals surface area contributed by atoms with Gasteiger partial charge in [-0.2, -0.15) is 0 Å². The van der Waals surface area contributed by atoms with Gasteiger partial charge in [-0.25, -0.2) is 4.98 Å². The number of carbonyl (C=O) groups excluding carboxylic acids is 1. The molecule has 0 fully saturated rings. The summed E-state index contributed by atoms with van der Waals surface area (Å²) in [6, 6.07) is 5.81. The second kappa shape index (κ2) is 6.13. The fraction of sp³-hybridized carbons (Fsp3) is 0.333. The van der Waals surface area contributed by atoms with Gasteiger partial charge < -0.3 is 14.2 Å². The van der Waals surface area contributed by atoms with E-state index < -0.39 is 0 Å². The van der Waals surface area contributed by atoms with Crippen molar-refractivity contribution < 1.29 is 19.0 Å². The van der Waals surface area contributed by atoms with Crippen molar-refractivity contribution in [3.8, 4) is 22.1 Å². The maximum absolute atomic E-state index is 11.1. The first-order valence-corrected chi connectivity index (χ1v) is 7.55. The van der Waals surface area contributed by atoms with Crippen LogP contribution in [0.5, 0.6) is 11.5 Å². The molecule has 0 amide bonds. The van der Waals surface area contributed by atoms with Crippen LogP contribution in [0.4, 0.5) is 0 Å². The number of esters is 1. The number of carbonyl (C=O) groups is 1. The van der Waals surface area contributed by atoms with Gasteiger partial charge in [-0.15, -0.1) is 11.3 Å². The van der Waals surface area contributed by atoms with Gasteiger partial charge in [0.05, 0.1) is 19.2 Å². The number of methoxy groups -OCH3 is 1. The molecule has 1 aromatic heterocycles. The van der Waals surface area contributed by atoms with Gasteiger partial charge in [-0.1, -0.05) is 0 Å². The van der Waals surface area contributed by atoms with Crippen LogP contribution in [0, 0.1) is 0 Å². The summed E-state index contributed by atoms with van der Waals surface area (Å²) in [5.41, 5.74) is 1.89. The molecule has 110 valence electrons. The van der Waals surface area contributed by atoms with Crippen LogP contribution in [0.15, 0.2) is 23.6 Å². The van der Waals surface area contributed by atoms with Gasteiger partial charge in [0.1, 0.15) is 18.2 Å². The monoisotopic (exact) mass is 305 g/mol. The summed E-state index contributed by atoms with van der Waals surface area (Å²) in [5.74, 6) is 1.31. The van der Waals surface area contributed by atoms with Crippen LogP contribution in [0.1, 0.15) is 12.1 Å². The van der Waals surface area contributed by atoms with E-state index in [4.69, 9.17) is 9.47 Å². The lowest BCUT2D eigenvalue weighted by Gasteiger charge is -2.18. The number of fused-ring (bicyclic) bond motifs is 1. The van der Waals surface area contributed by atoms with Gasteiger partial charge in [0.25, 0.3) is 0 Å². The molecular weight excluding hydrogens is 290 g/mol. The van der Waals surface area contributed by atoms with Crippen LogP contribution in [-0.4, -0.2) is 31.3 Å². The van der Waals surface area contributed by atoms with Gasteiger partial charge in [-0.3, -0.25) is 4.79 Å². The summed E-state index contributed by atoms with van der Waals surface area (Å²) in [6.45, 7) is 1.15. The summed E-state index contributed by atoms with van der Waals surface area (Å²) in [4.78, 5) is 15.7. The zero-order chi connectivity index (χ0) is 14.7. The normalized spacial score (nSPS) is 13.0. The van der Waals surface area contributed by atoms with Gasteiger partial charge in [-0.05, 0) is 18.2 Å². The third-order valence-corrected chi connectivity index (χ3v) is 4.09. The van der Waals surface area contributed by atoms with Crippen molar-refractivity contribution in [1.82, 2.24) is 4.98 Å². The Morgan fingerprint density at radius 3 is 2.95 bits per heavy atom. The maximum atomic E-state index is 11.1. The highest BCUT2D eigenvalue weighted by Gasteiger charge is 2.14. The molecule has 2 heterocycles. The Hall–Kier alpha value is -2.08. The fourth-order valence-corrected chi connectivity index (χ4v) is 2.91. The van der Waals surface area contributed by atoms with E-state index in [1.807, 2.05) is 23.6 Å². The second-order valence-corrected chi connectivity index (χ2v) is 5.44. The lowest BCUT2D eigenvalue weighted by molar-refractivity contribution is -0.140. The van der Waals surface area contributed by atoms with Gasteiger partial charge in [0.15, 0.2) is 11.5 Å². The standard InChI is InChI=1S/C15H15NO4S/c1-18-14(17)5-3-11-9-21-15(16-11)10-2-4-12-13(8-10)20-7-6-19-12/h2,4,8-9H,3,5-7H2,1H3. The summed E-state index contributed by atoms with van der Waals surface area (Å²) in [5, 5.41) is 2.88. The van der Waals surface area contributed by atoms with E-state index >= 15 is 0 Å². The molecule has 0 N–H and O–H groups in total. The molecule has 1 aliphatic heterocycles. The summed E-state index contributed by atoms with van der Waals surface area (Å²) < 4.78 is 15.7. The molecule has 0 saturated carbocycles.